The van der Waals surface area contributed by atoms with Crippen LogP contribution in [0.3, 0.4) is 0 Å². The number of nitrogens with one attached hydrogen (secondary N) is 1. The summed E-state index contributed by atoms with van der Waals surface area (Å²) in [5.41, 5.74) is 1.39. The summed E-state index contributed by atoms with van der Waals surface area (Å²) < 4.78 is 10.7. The van der Waals surface area contributed by atoms with E-state index in [2.05, 4.69) is 10.5 Å². The summed E-state index contributed by atoms with van der Waals surface area (Å²) in [7, 11) is 1.57. The minimum Gasteiger partial charge on any atom is -0.493 e. The molecule has 0 saturated heterocycles. The first-order valence-electron chi connectivity index (χ1n) is 8.10. The molecule has 26 heavy (non-hydrogen) atoms. The first kappa shape index (κ1) is 19.6. The van der Waals surface area contributed by atoms with Crippen molar-refractivity contribution in [3.8, 4) is 11.5 Å². The average Bonchev–Trinajstić information content (AvgIpc) is 2.64. The van der Waals surface area contributed by atoms with Crippen LogP contribution in [0.2, 0.25) is 5.02 Å². The minimum atomic E-state index is -0.758. The molecule has 1 amide bonds. The number of anilines is 1. The lowest BCUT2D eigenvalue weighted by atomic mass is 10.2. The second-order valence-electron chi connectivity index (χ2n) is 5.32. The van der Waals surface area contributed by atoms with Gasteiger partial charge in [-0.05, 0) is 56.3 Å². The first-order chi connectivity index (χ1) is 12.5. The van der Waals surface area contributed by atoms with Crippen molar-refractivity contribution >= 4 is 29.4 Å². The molecule has 138 valence electrons. The van der Waals surface area contributed by atoms with Gasteiger partial charge in [0, 0.05) is 16.3 Å². The first-order valence-corrected chi connectivity index (χ1v) is 8.47. The SMILES string of the molecule is CCOc1ccc(/C=N\O[C@H](C)C(=O)Nc2ccc(Cl)cc2)cc1OC. The van der Waals surface area contributed by atoms with Gasteiger partial charge in [0.2, 0.25) is 6.10 Å². The zero-order chi connectivity index (χ0) is 18.9. The van der Waals surface area contributed by atoms with E-state index >= 15 is 0 Å². The van der Waals surface area contributed by atoms with E-state index in [1.807, 2.05) is 13.0 Å². The smallest absolute Gasteiger partial charge is 0.267 e. The molecule has 1 atom stereocenters. The molecule has 6 nitrogen and oxygen atoms in total. The molecule has 0 spiro atoms. The van der Waals surface area contributed by atoms with E-state index in [1.54, 1.807) is 50.4 Å². The Morgan fingerprint density at radius 3 is 2.62 bits per heavy atom. The number of halogens is 1. The lowest BCUT2D eigenvalue weighted by molar-refractivity contribution is -0.126. The molecule has 0 aliphatic rings. The molecule has 0 radical (unpaired) electrons. The van der Waals surface area contributed by atoms with Crippen molar-refractivity contribution in [2.45, 2.75) is 20.0 Å². The molecule has 0 aromatic heterocycles. The van der Waals surface area contributed by atoms with Crippen LogP contribution in [0.25, 0.3) is 0 Å². The fourth-order valence-corrected chi connectivity index (χ4v) is 2.17. The lowest BCUT2D eigenvalue weighted by Gasteiger charge is -2.11. The van der Waals surface area contributed by atoms with Crippen molar-refractivity contribution in [2.75, 3.05) is 19.0 Å². The van der Waals surface area contributed by atoms with E-state index in [0.29, 0.717) is 28.8 Å². The second kappa shape index (κ2) is 9.68. The largest absolute Gasteiger partial charge is 0.493 e. The number of carbonyl (C=O) groups excluding carboxylic acids is 1. The van der Waals surface area contributed by atoms with Crippen LogP contribution < -0.4 is 14.8 Å². The molecular formula is C19H21ClN2O4. The Bertz CT molecular complexity index is 763. The molecule has 0 aliphatic heterocycles. The van der Waals surface area contributed by atoms with Gasteiger partial charge in [-0.25, -0.2) is 0 Å². The maximum absolute atomic E-state index is 12.1. The van der Waals surface area contributed by atoms with Crippen molar-refractivity contribution < 1.29 is 19.1 Å². The maximum Gasteiger partial charge on any atom is 0.267 e. The molecule has 1 N–H and O–H groups in total. The number of amides is 1. The zero-order valence-electron chi connectivity index (χ0n) is 14.9. The normalized spacial score (nSPS) is 11.8. The monoisotopic (exact) mass is 376 g/mol. The van der Waals surface area contributed by atoms with Crippen LogP contribution >= 0.6 is 11.6 Å². The van der Waals surface area contributed by atoms with E-state index in [-0.39, 0.29) is 5.91 Å². The molecule has 0 bridgehead atoms. The molecule has 2 aromatic rings. The molecular weight excluding hydrogens is 356 g/mol. The van der Waals surface area contributed by atoms with Crippen LogP contribution in [0.5, 0.6) is 11.5 Å². The molecule has 0 fully saturated rings. The van der Waals surface area contributed by atoms with Crippen LogP contribution in [-0.4, -0.2) is 31.9 Å². The summed E-state index contributed by atoms with van der Waals surface area (Å²) in [4.78, 5) is 17.3. The molecule has 7 heteroatoms. The highest BCUT2D eigenvalue weighted by Gasteiger charge is 2.14. The van der Waals surface area contributed by atoms with Crippen molar-refractivity contribution in [1.29, 1.82) is 0 Å². The van der Waals surface area contributed by atoms with Crippen LogP contribution in [0.15, 0.2) is 47.6 Å². The lowest BCUT2D eigenvalue weighted by Crippen LogP contribution is -2.26. The van der Waals surface area contributed by atoms with Crippen molar-refractivity contribution in [3.05, 3.63) is 53.1 Å². The van der Waals surface area contributed by atoms with Gasteiger partial charge in [-0.3, -0.25) is 4.79 Å². The van der Waals surface area contributed by atoms with Crippen molar-refractivity contribution in [1.82, 2.24) is 0 Å². The third-order valence-electron chi connectivity index (χ3n) is 3.39. The van der Waals surface area contributed by atoms with E-state index in [1.165, 1.54) is 6.21 Å². The Labute approximate surface area is 157 Å². The van der Waals surface area contributed by atoms with Gasteiger partial charge in [-0.1, -0.05) is 16.8 Å². The highest BCUT2D eigenvalue weighted by Crippen LogP contribution is 2.27. The van der Waals surface area contributed by atoms with Gasteiger partial charge in [-0.2, -0.15) is 0 Å². The fraction of sp³-hybridized carbons (Fsp3) is 0.263. The summed E-state index contributed by atoms with van der Waals surface area (Å²) in [6.07, 6.45) is 0.746. The molecule has 2 rings (SSSR count). The van der Waals surface area contributed by atoms with E-state index in [9.17, 15) is 4.79 Å². The van der Waals surface area contributed by atoms with Crippen LogP contribution in [0, 0.1) is 0 Å². The summed E-state index contributed by atoms with van der Waals surface area (Å²) in [5, 5.41) is 7.19. The van der Waals surface area contributed by atoms with Gasteiger partial charge in [0.25, 0.3) is 5.91 Å². The molecule has 0 aliphatic carbocycles. The van der Waals surface area contributed by atoms with E-state index in [4.69, 9.17) is 25.9 Å². The highest BCUT2D eigenvalue weighted by atomic mass is 35.5. The van der Waals surface area contributed by atoms with Crippen LogP contribution in [0.1, 0.15) is 19.4 Å². The van der Waals surface area contributed by atoms with Gasteiger partial charge in [-0.15, -0.1) is 0 Å². The fourth-order valence-electron chi connectivity index (χ4n) is 2.05. The second-order valence-corrected chi connectivity index (χ2v) is 5.76. The summed E-state index contributed by atoms with van der Waals surface area (Å²) in [5.74, 6) is 0.946. The predicted molar refractivity (Wildman–Crippen MR) is 102 cm³/mol. The number of hydrogen-bond donors (Lipinski definition) is 1. The van der Waals surface area contributed by atoms with Gasteiger partial charge in [0.15, 0.2) is 11.5 Å². The van der Waals surface area contributed by atoms with Gasteiger partial charge in [0.1, 0.15) is 0 Å². The molecule has 2 aromatic carbocycles. The minimum absolute atomic E-state index is 0.311. The number of ether oxygens (including phenoxy) is 2. The number of benzene rings is 2. The number of rotatable bonds is 8. The number of hydrogen-bond acceptors (Lipinski definition) is 5. The Hall–Kier alpha value is -2.73. The van der Waals surface area contributed by atoms with Crippen LogP contribution in [0.4, 0.5) is 5.69 Å². The Morgan fingerprint density at radius 1 is 1.23 bits per heavy atom. The Kier molecular flexibility index (Phi) is 7.29. The average molecular weight is 377 g/mol. The van der Waals surface area contributed by atoms with E-state index < -0.39 is 6.10 Å². The van der Waals surface area contributed by atoms with Crippen LogP contribution in [-0.2, 0) is 9.63 Å². The number of methoxy groups -OCH3 is 1. The summed E-state index contributed by atoms with van der Waals surface area (Å²) in [6.45, 7) is 4.06. The molecule has 0 saturated carbocycles. The third kappa shape index (κ3) is 5.67. The topological polar surface area (TPSA) is 69.2 Å². The van der Waals surface area contributed by atoms with Gasteiger partial charge >= 0.3 is 0 Å². The summed E-state index contributed by atoms with van der Waals surface area (Å²) >= 11 is 5.81. The zero-order valence-corrected chi connectivity index (χ0v) is 15.6. The summed E-state index contributed by atoms with van der Waals surface area (Å²) in [6, 6.07) is 12.2. The molecule has 0 unspecified atom stereocenters. The molecule has 0 heterocycles. The van der Waals surface area contributed by atoms with E-state index in [0.717, 1.165) is 5.56 Å². The standard InChI is InChI=1S/C19H21ClN2O4/c1-4-25-17-10-5-14(11-18(17)24-3)12-21-26-13(2)19(23)22-16-8-6-15(20)7-9-16/h5-13H,4H2,1-3H3,(H,22,23)/b21-12-/t13-/m1/s1. The van der Waals surface area contributed by atoms with Gasteiger partial charge < -0.3 is 19.6 Å². The van der Waals surface area contributed by atoms with Crippen molar-refractivity contribution in [3.63, 3.8) is 0 Å². The van der Waals surface area contributed by atoms with Gasteiger partial charge in [0.05, 0.1) is 19.9 Å². The predicted octanol–water partition coefficient (Wildman–Crippen LogP) is 4.13. The third-order valence-corrected chi connectivity index (χ3v) is 3.64. The number of oxime groups is 1. The quantitative estimate of drug-likeness (QED) is 0.555. The Balaban J connectivity index is 1.92. The number of nitrogens with zero attached hydrogens (tertiary/aromatic N) is 1. The number of carbonyl (C=O) groups is 1. The van der Waals surface area contributed by atoms with Crippen molar-refractivity contribution in [2.24, 2.45) is 5.16 Å². The Morgan fingerprint density at radius 2 is 1.96 bits per heavy atom. The highest BCUT2D eigenvalue weighted by molar-refractivity contribution is 6.30. The maximum atomic E-state index is 12.1.